The zero-order valence-electron chi connectivity index (χ0n) is 8.57. The van der Waals surface area contributed by atoms with Gasteiger partial charge in [0.15, 0.2) is 11.6 Å². The van der Waals surface area contributed by atoms with E-state index in [1.54, 1.807) is 6.92 Å². The third-order valence-electron chi connectivity index (χ3n) is 1.84. The fourth-order valence-electron chi connectivity index (χ4n) is 1.11. The minimum Gasteiger partial charge on any atom is -0.315 e. The van der Waals surface area contributed by atoms with Crippen LogP contribution in [0.15, 0.2) is 16.8 Å². The van der Waals surface area contributed by atoms with Gasteiger partial charge < -0.3 is 4.52 Å². The summed E-state index contributed by atoms with van der Waals surface area (Å²) in [5, 5.41) is 5.56. The second-order valence-electron chi connectivity index (χ2n) is 3.06. The molecule has 17 heavy (non-hydrogen) atoms. The number of nitrogens with one attached hydrogen (secondary N) is 1. The van der Waals surface area contributed by atoms with Gasteiger partial charge in [0.05, 0.1) is 5.56 Å². The van der Waals surface area contributed by atoms with Gasteiger partial charge in [-0.05, 0) is 13.0 Å². The molecule has 0 saturated heterocycles. The minimum atomic E-state index is -1.35. The number of halogens is 2. The smallest absolute Gasteiger partial charge is 0.315 e. The Hall–Kier alpha value is -2.38. The van der Waals surface area contributed by atoms with Crippen molar-refractivity contribution in [1.82, 2.24) is 15.1 Å². The molecular weight excluding hydrogens is 234 g/mol. The van der Waals surface area contributed by atoms with Crippen molar-refractivity contribution in [3.8, 4) is 0 Å². The first kappa shape index (κ1) is 11.1. The summed E-state index contributed by atoms with van der Waals surface area (Å²) in [5.41, 5.74) is -0.492. The molecule has 2 aromatic heterocycles. The molecule has 1 N–H and O–H groups in total. The summed E-state index contributed by atoms with van der Waals surface area (Å²) < 4.78 is 30.6. The van der Waals surface area contributed by atoms with E-state index < -0.39 is 23.2 Å². The zero-order chi connectivity index (χ0) is 12.4. The number of aromatic nitrogens is 3. The van der Waals surface area contributed by atoms with Crippen molar-refractivity contribution >= 4 is 11.9 Å². The highest BCUT2D eigenvalue weighted by atomic mass is 19.2. The molecule has 2 heterocycles. The monoisotopic (exact) mass is 240 g/mol. The molecule has 0 bridgehead atoms. The lowest BCUT2D eigenvalue weighted by molar-refractivity contribution is 0.101. The highest BCUT2D eigenvalue weighted by Crippen LogP contribution is 2.11. The number of aryl methyl sites for hydroxylation is 1. The van der Waals surface area contributed by atoms with E-state index in [0.717, 1.165) is 12.3 Å². The highest BCUT2D eigenvalue weighted by molar-refractivity contribution is 6.03. The van der Waals surface area contributed by atoms with Crippen LogP contribution >= 0.6 is 0 Å². The number of carbonyl (C=O) groups excluding carboxylic acids is 1. The van der Waals surface area contributed by atoms with Gasteiger partial charge in [-0.2, -0.15) is 9.37 Å². The quantitative estimate of drug-likeness (QED) is 0.800. The first-order valence-corrected chi connectivity index (χ1v) is 4.49. The van der Waals surface area contributed by atoms with Crippen LogP contribution in [0.4, 0.5) is 14.8 Å². The molecule has 0 spiro atoms. The average Bonchev–Trinajstić information content (AvgIpc) is 2.68. The predicted molar refractivity (Wildman–Crippen MR) is 51.1 cm³/mol. The Morgan fingerprint density at radius 1 is 1.47 bits per heavy atom. The van der Waals surface area contributed by atoms with Crippen molar-refractivity contribution in [3.05, 3.63) is 35.4 Å². The maximum absolute atomic E-state index is 13.2. The molecule has 0 unspecified atom stereocenters. The van der Waals surface area contributed by atoms with Crippen LogP contribution in [0.2, 0.25) is 0 Å². The molecular formula is C9H6F2N4O2. The lowest BCUT2D eigenvalue weighted by Gasteiger charge is -2.01. The molecule has 0 atom stereocenters. The average molecular weight is 240 g/mol. The van der Waals surface area contributed by atoms with Crippen LogP contribution in [-0.2, 0) is 0 Å². The largest absolute Gasteiger partial charge is 0.328 e. The highest BCUT2D eigenvalue weighted by Gasteiger charge is 2.17. The maximum Gasteiger partial charge on any atom is 0.328 e. The minimum absolute atomic E-state index is 0.191. The number of pyridine rings is 1. The lowest BCUT2D eigenvalue weighted by atomic mass is 10.2. The topological polar surface area (TPSA) is 80.9 Å². The van der Waals surface area contributed by atoms with E-state index in [1.165, 1.54) is 0 Å². The van der Waals surface area contributed by atoms with Crippen LogP contribution in [0.1, 0.15) is 16.2 Å². The number of nitrogens with zero attached hydrogens (tertiary/aromatic N) is 3. The van der Waals surface area contributed by atoms with Crippen LogP contribution in [-0.4, -0.2) is 21.0 Å². The van der Waals surface area contributed by atoms with Gasteiger partial charge in [0.25, 0.3) is 5.91 Å². The van der Waals surface area contributed by atoms with Crippen molar-refractivity contribution in [2.45, 2.75) is 6.92 Å². The Bertz CT molecular complexity index is 570. The van der Waals surface area contributed by atoms with Gasteiger partial charge >= 0.3 is 6.01 Å². The molecule has 0 aliphatic carbocycles. The fraction of sp³-hybridized carbons (Fsp3) is 0.111. The Morgan fingerprint density at radius 2 is 2.24 bits per heavy atom. The van der Waals surface area contributed by atoms with E-state index in [4.69, 9.17) is 0 Å². The summed E-state index contributed by atoms with van der Waals surface area (Å²) in [6.45, 7) is 1.55. The standard InChI is InChI=1S/C9H6F2N4O2/c1-4-13-9(17-15-4)14-8(16)5-2-3-12-7(11)6(5)10/h2-3H,1H3,(H,13,14,15,16). The van der Waals surface area contributed by atoms with E-state index in [9.17, 15) is 13.6 Å². The van der Waals surface area contributed by atoms with E-state index >= 15 is 0 Å². The van der Waals surface area contributed by atoms with Gasteiger partial charge in [0.2, 0.25) is 5.95 Å². The summed E-state index contributed by atoms with van der Waals surface area (Å²) >= 11 is 0. The number of anilines is 1. The normalized spacial score (nSPS) is 10.3. The van der Waals surface area contributed by atoms with Crippen LogP contribution < -0.4 is 5.32 Å². The summed E-state index contributed by atoms with van der Waals surface area (Å²) in [4.78, 5) is 18.3. The lowest BCUT2D eigenvalue weighted by Crippen LogP contribution is -2.15. The van der Waals surface area contributed by atoms with Crippen LogP contribution in [0.25, 0.3) is 0 Å². The van der Waals surface area contributed by atoms with Crippen molar-refractivity contribution in [2.75, 3.05) is 5.32 Å². The van der Waals surface area contributed by atoms with Crippen LogP contribution in [0.5, 0.6) is 0 Å². The molecule has 0 saturated carbocycles. The predicted octanol–water partition coefficient (Wildman–Crippen LogP) is 1.30. The van der Waals surface area contributed by atoms with Crippen LogP contribution in [0, 0.1) is 18.7 Å². The Labute approximate surface area is 93.7 Å². The number of carbonyl (C=O) groups is 1. The van der Waals surface area contributed by atoms with Gasteiger partial charge in [-0.15, -0.1) is 0 Å². The number of hydrogen-bond acceptors (Lipinski definition) is 5. The molecule has 0 fully saturated rings. The van der Waals surface area contributed by atoms with Gasteiger partial charge in [-0.25, -0.2) is 9.37 Å². The first-order valence-electron chi connectivity index (χ1n) is 4.49. The number of hydrogen-bond donors (Lipinski definition) is 1. The van der Waals surface area contributed by atoms with Gasteiger partial charge in [-0.1, -0.05) is 5.16 Å². The van der Waals surface area contributed by atoms with Crippen molar-refractivity contribution in [3.63, 3.8) is 0 Å². The first-order chi connectivity index (χ1) is 8.08. The molecule has 0 radical (unpaired) electrons. The summed E-state index contributed by atoms with van der Waals surface area (Å²) in [7, 11) is 0. The maximum atomic E-state index is 13.2. The number of rotatable bonds is 2. The Kier molecular flexibility index (Phi) is 2.77. The Balaban J connectivity index is 2.23. The molecule has 1 amide bonds. The van der Waals surface area contributed by atoms with Gasteiger partial charge in [-0.3, -0.25) is 10.1 Å². The van der Waals surface area contributed by atoms with Crippen molar-refractivity contribution in [2.24, 2.45) is 0 Å². The second kappa shape index (κ2) is 4.24. The third-order valence-corrected chi connectivity index (χ3v) is 1.84. The van der Waals surface area contributed by atoms with Gasteiger partial charge in [0, 0.05) is 6.20 Å². The van der Waals surface area contributed by atoms with Crippen LogP contribution in [0.3, 0.4) is 0 Å². The number of amides is 1. The molecule has 6 nitrogen and oxygen atoms in total. The zero-order valence-corrected chi connectivity index (χ0v) is 8.57. The fourth-order valence-corrected chi connectivity index (χ4v) is 1.11. The summed E-state index contributed by atoms with van der Waals surface area (Å²) in [5.74, 6) is -3.27. The SMILES string of the molecule is Cc1noc(NC(=O)c2ccnc(F)c2F)n1. The van der Waals surface area contributed by atoms with Gasteiger partial charge in [0.1, 0.15) is 0 Å². The van der Waals surface area contributed by atoms with E-state index in [-0.39, 0.29) is 6.01 Å². The van der Waals surface area contributed by atoms with Crippen molar-refractivity contribution in [1.29, 1.82) is 0 Å². The van der Waals surface area contributed by atoms with E-state index in [2.05, 4.69) is 25.0 Å². The summed E-state index contributed by atoms with van der Waals surface area (Å²) in [6.07, 6.45) is 0.979. The van der Waals surface area contributed by atoms with E-state index in [1.807, 2.05) is 0 Å². The molecule has 88 valence electrons. The molecule has 2 rings (SSSR count). The molecule has 0 aromatic carbocycles. The second-order valence-corrected chi connectivity index (χ2v) is 3.06. The summed E-state index contributed by atoms with van der Waals surface area (Å²) in [6, 6.07) is 0.848. The molecule has 0 aliphatic heterocycles. The van der Waals surface area contributed by atoms with Crippen molar-refractivity contribution < 1.29 is 18.1 Å². The molecule has 2 aromatic rings. The Morgan fingerprint density at radius 3 is 2.88 bits per heavy atom. The van der Waals surface area contributed by atoms with E-state index in [0.29, 0.717) is 5.82 Å². The molecule has 0 aliphatic rings. The molecule has 8 heteroatoms. The third kappa shape index (κ3) is 2.25.